The molecule has 3 aromatic rings. The number of sulfonamides is 1. The maximum atomic E-state index is 12.8. The van der Waals surface area contributed by atoms with Gasteiger partial charge >= 0.3 is 0 Å². The number of nitrogens with zero attached hydrogens (tertiary/aromatic N) is 1. The van der Waals surface area contributed by atoms with Crippen molar-refractivity contribution in [3.8, 4) is 11.5 Å². The first-order valence-electron chi connectivity index (χ1n) is 8.27. The second-order valence-electron chi connectivity index (χ2n) is 6.15. The summed E-state index contributed by atoms with van der Waals surface area (Å²) in [5.41, 5.74) is 6.01. The second-order valence-corrected chi connectivity index (χ2v) is 9.06. The molecule has 0 saturated heterocycles. The van der Waals surface area contributed by atoms with E-state index in [-0.39, 0.29) is 32.7 Å². The number of carbonyl (C=O) groups is 1. The zero-order chi connectivity index (χ0) is 22.1. The van der Waals surface area contributed by atoms with Gasteiger partial charge in [0.25, 0.3) is 15.9 Å². The number of pyridine rings is 1. The van der Waals surface area contributed by atoms with Crippen molar-refractivity contribution in [2.45, 2.75) is 11.8 Å². The number of carbonyl (C=O) groups excluding carboxylic acids is 1. The molecule has 0 aliphatic heterocycles. The van der Waals surface area contributed by atoms with Gasteiger partial charge in [-0.1, -0.05) is 34.8 Å². The van der Waals surface area contributed by atoms with E-state index in [0.29, 0.717) is 15.6 Å². The van der Waals surface area contributed by atoms with E-state index in [1.54, 1.807) is 6.92 Å². The molecule has 2 aromatic carbocycles. The van der Waals surface area contributed by atoms with E-state index in [4.69, 9.17) is 45.3 Å². The van der Waals surface area contributed by atoms with Gasteiger partial charge in [-0.05, 0) is 42.8 Å². The van der Waals surface area contributed by atoms with Crippen molar-refractivity contribution >= 4 is 56.4 Å². The number of hydrogen-bond acceptors (Lipinski definition) is 5. The molecule has 7 nitrogen and oxygen atoms in total. The fourth-order valence-electron chi connectivity index (χ4n) is 2.50. The van der Waals surface area contributed by atoms with Gasteiger partial charge in [0.15, 0.2) is 0 Å². The molecule has 0 spiro atoms. The van der Waals surface area contributed by atoms with Gasteiger partial charge in [-0.2, -0.15) is 0 Å². The van der Waals surface area contributed by atoms with Gasteiger partial charge in [0.1, 0.15) is 16.4 Å². The summed E-state index contributed by atoms with van der Waals surface area (Å²) in [6.45, 7) is 1.65. The summed E-state index contributed by atoms with van der Waals surface area (Å²) in [5.74, 6) is -0.432. The Morgan fingerprint density at radius 3 is 2.47 bits per heavy atom. The van der Waals surface area contributed by atoms with Crippen LogP contribution in [0.5, 0.6) is 11.5 Å². The molecule has 0 bridgehead atoms. The molecule has 1 aromatic heterocycles. The molecule has 30 heavy (non-hydrogen) atoms. The number of hydrogen-bond donors (Lipinski definition) is 2. The summed E-state index contributed by atoms with van der Waals surface area (Å²) >= 11 is 17.9. The van der Waals surface area contributed by atoms with Crippen LogP contribution in [0.4, 0.5) is 5.69 Å². The molecule has 156 valence electrons. The number of nitrogens with one attached hydrogen (secondary N) is 1. The maximum Gasteiger partial charge on any atom is 0.263 e. The minimum atomic E-state index is -4.06. The number of anilines is 1. The van der Waals surface area contributed by atoms with Crippen molar-refractivity contribution in [3.05, 3.63) is 75.0 Å². The molecular weight excluding hydrogens is 473 g/mol. The summed E-state index contributed by atoms with van der Waals surface area (Å²) in [6, 6.07) is 8.26. The van der Waals surface area contributed by atoms with E-state index in [9.17, 15) is 13.2 Å². The van der Waals surface area contributed by atoms with Gasteiger partial charge in [0.05, 0.1) is 21.8 Å². The van der Waals surface area contributed by atoms with Crippen LogP contribution in [0.3, 0.4) is 0 Å². The van der Waals surface area contributed by atoms with Crippen LogP contribution in [0.1, 0.15) is 15.9 Å². The van der Waals surface area contributed by atoms with Crippen LogP contribution in [0.15, 0.2) is 53.7 Å². The van der Waals surface area contributed by atoms with E-state index in [1.165, 1.54) is 48.8 Å². The second kappa shape index (κ2) is 8.69. The fraction of sp³-hybridized carbons (Fsp3) is 0.0526. The number of halogens is 3. The van der Waals surface area contributed by atoms with Gasteiger partial charge in [0, 0.05) is 23.0 Å². The number of aromatic nitrogens is 1. The normalized spacial score (nSPS) is 11.2. The van der Waals surface area contributed by atoms with Crippen molar-refractivity contribution in [2.24, 2.45) is 5.73 Å². The first-order valence-corrected chi connectivity index (χ1v) is 10.9. The Morgan fingerprint density at radius 1 is 1.07 bits per heavy atom. The van der Waals surface area contributed by atoms with E-state index in [2.05, 4.69) is 9.71 Å². The summed E-state index contributed by atoms with van der Waals surface area (Å²) < 4.78 is 33.5. The van der Waals surface area contributed by atoms with Gasteiger partial charge in [-0.25, -0.2) is 8.42 Å². The number of primary amides is 1. The SMILES string of the molecule is Cc1cc(S(=O)(=O)Nc2ccc(Oc3cncc(Cl)c3)c(C(N)=O)c2)c(Cl)cc1Cl. The average molecular weight is 487 g/mol. The van der Waals surface area contributed by atoms with E-state index >= 15 is 0 Å². The van der Waals surface area contributed by atoms with Crippen LogP contribution in [-0.2, 0) is 10.0 Å². The minimum absolute atomic E-state index is 0.0402. The summed E-state index contributed by atoms with van der Waals surface area (Å²) in [5, 5.41) is 0.640. The Labute approximate surface area is 187 Å². The van der Waals surface area contributed by atoms with Crippen molar-refractivity contribution in [1.29, 1.82) is 0 Å². The van der Waals surface area contributed by atoms with Crippen LogP contribution in [-0.4, -0.2) is 19.3 Å². The first kappa shape index (κ1) is 22.2. The number of nitrogens with two attached hydrogens (primary N) is 1. The maximum absolute atomic E-state index is 12.8. The highest BCUT2D eigenvalue weighted by molar-refractivity contribution is 7.92. The van der Waals surface area contributed by atoms with E-state index < -0.39 is 15.9 Å². The molecule has 3 N–H and O–H groups in total. The van der Waals surface area contributed by atoms with Crippen molar-refractivity contribution in [1.82, 2.24) is 4.98 Å². The van der Waals surface area contributed by atoms with Crippen LogP contribution < -0.4 is 15.2 Å². The van der Waals surface area contributed by atoms with Crippen LogP contribution in [0, 0.1) is 6.92 Å². The Morgan fingerprint density at radius 2 is 1.80 bits per heavy atom. The highest BCUT2D eigenvalue weighted by Crippen LogP contribution is 2.32. The highest BCUT2D eigenvalue weighted by atomic mass is 35.5. The molecule has 0 fully saturated rings. The smallest absolute Gasteiger partial charge is 0.263 e. The summed E-state index contributed by atoms with van der Waals surface area (Å²) in [6.07, 6.45) is 2.82. The van der Waals surface area contributed by atoms with Crippen molar-refractivity contribution in [3.63, 3.8) is 0 Å². The van der Waals surface area contributed by atoms with Gasteiger partial charge in [-0.15, -0.1) is 0 Å². The molecule has 0 unspecified atom stereocenters. The van der Waals surface area contributed by atoms with Crippen molar-refractivity contribution in [2.75, 3.05) is 4.72 Å². The first-order chi connectivity index (χ1) is 14.1. The predicted octanol–water partition coefficient (Wildman–Crippen LogP) is 5.04. The number of amides is 1. The molecule has 0 aliphatic rings. The molecule has 11 heteroatoms. The molecule has 0 radical (unpaired) electrons. The third-order valence-electron chi connectivity index (χ3n) is 3.91. The fourth-order valence-corrected chi connectivity index (χ4v) is 4.54. The van der Waals surface area contributed by atoms with Crippen LogP contribution in [0.25, 0.3) is 0 Å². The van der Waals surface area contributed by atoms with Crippen LogP contribution in [0.2, 0.25) is 15.1 Å². The lowest BCUT2D eigenvalue weighted by atomic mass is 10.1. The van der Waals surface area contributed by atoms with Crippen molar-refractivity contribution < 1.29 is 17.9 Å². The molecule has 0 saturated carbocycles. The quantitative estimate of drug-likeness (QED) is 0.507. The molecule has 0 aliphatic carbocycles. The zero-order valence-electron chi connectivity index (χ0n) is 15.3. The molecule has 3 rings (SSSR count). The Bertz CT molecular complexity index is 1250. The number of benzene rings is 2. The molecular formula is C19H14Cl3N3O4S. The van der Waals surface area contributed by atoms with E-state index in [0.717, 1.165) is 0 Å². The Hall–Kier alpha value is -2.52. The van der Waals surface area contributed by atoms with Crippen LogP contribution >= 0.6 is 34.8 Å². The summed E-state index contributed by atoms with van der Waals surface area (Å²) in [4.78, 5) is 15.6. The lowest BCUT2D eigenvalue weighted by Gasteiger charge is -2.14. The largest absolute Gasteiger partial charge is 0.455 e. The topological polar surface area (TPSA) is 111 Å². The summed E-state index contributed by atoms with van der Waals surface area (Å²) in [7, 11) is -4.06. The third kappa shape index (κ3) is 4.96. The molecule has 0 atom stereocenters. The average Bonchev–Trinajstić information content (AvgIpc) is 2.65. The van der Waals surface area contributed by atoms with E-state index in [1.807, 2.05) is 0 Å². The van der Waals surface area contributed by atoms with Gasteiger partial charge < -0.3 is 10.5 Å². The zero-order valence-corrected chi connectivity index (χ0v) is 18.4. The minimum Gasteiger partial charge on any atom is -0.455 e. The molecule has 1 amide bonds. The Kier molecular flexibility index (Phi) is 6.42. The lowest BCUT2D eigenvalue weighted by molar-refractivity contribution is 0.0998. The molecule has 1 heterocycles. The van der Waals surface area contributed by atoms with Gasteiger partial charge in [-0.3, -0.25) is 14.5 Å². The predicted molar refractivity (Wildman–Crippen MR) is 116 cm³/mol. The number of rotatable bonds is 6. The Balaban J connectivity index is 1.95. The van der Waals surface area contributed by atoms with Gasteiger partial charge in [0.2, 0.25) is 0 Å². The number of aryl methyl sites for hydroxylation is 1. The standard InChI is InChI=1S/C19H14Cl3N3O4S/c1-10-4-18(16(22)7-15(10)21)30(27,28)25-12-2-3-17(14(6-12)19(23)26)29-13-5-11(20)8-24-9-13/h2-9,25H,1H3,(H2,23,26). The number of ether oxygens (including phenoxy) is 1. The third-order valence-corrected chi connectivity index (χ3v) is 6.37. The lowest BCUT2D eigenvalue weighted by Crippen LogP contribution is -2.16. The highest BCUT2D eigenvalue weighted by Gasteiger charge is 2.21. The monoisotopic (exact) mass is 485 g/mol.